The van der Waals surface area contributed by atoms with Gasteiger partial charge in [-0.2, -0.15) is 0 Å². The number of carbonyl (C=O) groups is 1. The molecule has 0 unspecified atom stereocenters. The van der Waals surface area contributed by atoms with Gasteiger partial charge >= 0.3 is 0 Å². The van der Waals surface area contributed by atoms with Gasteiger partial charge in [-0.3, -0.25) is 4.79 Å². The second-order valence-electron chi connectivity index (χ2n) is 7.16. The molecule has 0 saturated carbocycles. The number of aryl methyl sites for hydroxylation is 2. The molecule has 1 fully saturated rings. The van der Waals surface area contributed by atoms with Crippen molar-refractivity contribution in [2.45, 2.75) is 30.8 Å². The molecular formula is C22H24FNO2S2. The third-order valence-electron chi connectivity index (χ3n) is 5.08. The maximum Gasteiger partial charge on any atom is 0.264 e. The highest BCUT2D eigenvalue weighted by Crippen LogP contribution is 2.43. The van der Waals surface area contributed by atoms with Crippen molar-refractivity contribution in [1.29, 1.82) is 0 Å². The van der Waals surface area contributed by atoms with Crippen molar-refractivity contribution in [1.82, 2.24) is 0 Å². The molecule has 0 bridgehead atoms. The highest BCUT2D eigenvalue weighted by molar-refractivity contribution is 8.16. The standard InChI is InChI=1S/C22H24FNO2S2/c1-15-12-18(23)13-17-4-2-9-24(21(15)17)20(25)14-26-19-7-5-16(6-8-19)22-27-10-3-11-28-22/h5-8,12-13,22H,2-4,9-11,14H2,1H3. The van der Waals surface area contributed by atoms with E-state index in [0.29, 0.717) is 16.9 Å². The summed E-state index contributed by atoms with van der Waals surface area (Å²) in [6, 6.07) is 11.1. The van der Waals surface area contributed by atoms with Gasteiger partial charge in [-0.05, 0) is 78.6 Å². The largest absolute Gasteiger partial charge is 0.484 e. The minimum atomic E-state index is -0.240. The lowest BCUT2D eigenvalue weighted by Crippen LogP contribution is -2.39. The first-order valence-corrected chi connectivity index (χ1v) is 11.8. The predicted molar refractivity (Wildman–Crippen MR) is 116 cm³/mol. The summed E-state index contributed by atoms with van der Waals surface area (Å²) in [5, 5.41) is 0. The van der Waals surface area contributed by atoms with Crippen molar-refractivity contribution in [2.75, 3.05) is 29.6 Å². The molecule has 4 rings (SSSR count). The number of hydrogen-bond acceptors (Lipinski definition) is 4. The summed E-state index contributed by atoms with van der Waals surface area (Å²) in [7, 11) is 0. The smallest absolute Gasteiger partial charge is 0.264 e. The number of halogens is 1. The van der Waals surface area contributed by atoms with Crippen LogP contribution in [0.4, 0.5) is 10.1 Å². The van der Waals surface area contributed by atoms with Crippen molar-refractivity contribution >= 4 is 35.1 Å². The first-order valence-electron chi connectivity index (χ1n) is 9.67. The molecule has 1 saturated heterocycles. The zero-order valence-electron chi connectivity index (χ0n) is 15.9. The van der Waals surface area contributed by atoms with Crippen molar-refractivity contribution in [2.24, 2.45) is 0 Å². The number of carbonyl (C=O) groups excluding carboxylic acids is 1. The van der Waals surface area contributed by atoms with E-state index in [2.05, 4.69) is 12.1 Å². The number of nitrogens with zero attached hydrogens (tertiary/aromatic N) is 1. The zero-order valence-corrected chi connectivity index (χ0v) is 17.6. The van der Waals surface area contributed by atoms with Gasteiger partial charge in [0.2, 0.25) is 0 Å². The van der Waals surface area contributed by atoms with Crippen molar-refractivity contribution in [3.8, 4) is 5.75 Å². The summed E-state index contributed by atoms with van der Waals surface area (Å²) < 4.78 is 19.9. The Morgan fingerprint density at radius 3 is 2.68 bits per heavy atom. The number of amides is 1. The molecular weight excluding hydrogens is 393 g/mol. The first-order chi connectivity index (χ1) is 13.6. The number of fused-ring (bicyclic) bond motifs is 1. The number of benzene rings is 2. The highest BCUT2D eigenvalue weighted by Gasteiger charge is 2.25. The van der Waals surface area contributed by atoms with Gasteiger partial charge in [-0.25, -0.2) is 4.39 Å². The Hall–Kier alpha value is -1.66. The maximum absolute atomic E-state index is 13.7. The summed E-state index contributed by atoms with van der Waals surface area (Å²) >= 11 is 3.98. The Kier molecular flexibility index (Phi) is 6.16. The summed E-state index contributed by atoms with van der Waals surface area (Å²) in [5.74, 6) is 2.81. The fourth-order valence-corrected chi connectivity index (χ4v) is 6.69. The molecule has 6 heteroatoms. The summed E-state index contributed by atoms with van der Waals surface area (Å²) in [5.41, 5.74) is 3.86. The van der Waals surface area contributed by atoms with Crippen LogP contribution >= 0.6 is 23.5 Å². The molecule has 1 amide bonds. The Balaban J connectivity index is 1.40. The number of ether oxygens (including phenoxy) is 1. The quantitative estimate of drug-likeness (QED) is 0.670. The van der Waals surface area contributed by atoms with Gasteiger partial charge in [0, 0.05) is 6.54 Å². The molecule has 0 radical (unpaired) electrons. The van der Waals surface area contributed by atoms with Crippen LogP contribution in [0, 0.1) is 12.7 Å². The lowest BCUT2D eigenvalue weighted by molar-refractivity contribution is -0.120. The van der Waals surface area contributed by atoms with Crippen LogP contribution < -0.4 is 9.64 Å². The Morgan fingerprint density at radius 2 is 1.93 bits per heavy atom. The molecule has 0 atom stereocenters. The number of rotatable bonds is 4. The molecule has 2 aliphatic heterocycles. The van der Waals surface area contributed by atoms with E-state index in [1.54, 1.807) is 11.0 Å². The van der Waals surface area contributed by atoms with Crippen LogP contribution in [0.1, 0.15) is 34.1 Å². The molecule has 28 heavy (non-hydrogen) atoms. The van der Waals surface area contributed by atoms with Crippen molar-refractivity contribution in [3.63, 3.8) is 0 Å². The monoisotopic (exact) mass is 417 g/mol. The summed E-state index contributed by atoms with van der Waals surface area (Å²) in [6.45, 7) is 2.49. The lowest BCUT2D eigenvalue weighted by Gasteiger charge is -2.31. The van der Waals surface area contributed by atoms with Crippen LogP contribution in [-0.2, 0) is 11.2 Å². The van der Waals surface area contributed by atoms with Gasteiger partial charge < -0.3 is 9.64 Å². The maximum atomic E-state index is 13.7. The normalized spacial score (nSPS) is 17.3. The zero-order chi connectivity index (χ0) is 19.5. The molecule has 3 nitrogen and oxygen atoms in total. The second-order valence-corrected chi connectivity index (χ2v) is 9.89. The number of thioether (sulfide) groups is 2. The lowest BCUT2D eigenvalue weighted by atomic mass is 9.98. The van der Waals surface area contributed by atoms with E-state index in [1.807, 2.05) is 42.6 Å². The predicted octanol–water partition coefficient (Wildman–Crippen LogP) is 5.36. The van der Waals surface area contributed by atoms with Gasteiger partial charge in [-0.1, -0.05) is 12.1 Å². The van der Waals surface area contributed by atoms with E-state index in [4.69, 9.17) is 4.74 Å². The van der Waals surface area contributed by atoms with E-state index >= 15 is 0 Å². The average molecular weight is 418 g/mol. The van der Waals surface area contributed by atoms with Crippen LogP contribution in [0.2, 0.25) is 0 Å². The summed E-state index contributed by atoms with van der Waals surface area (Å²) in [4.78, 5) is 14.5. The second kappa shape index (κ2) is 8.78. The third-order valence-corrected chi connectivity index (χ3v) is 8.10. The molecule has 2 aliphatic rings. The number of anilines is 1. The van der Waals surface area contributed by atoms with Crippen molar-refractivity contribution < 1.29 is 13.9 Å². The molecule has 2 aromatic carbocycles. The van der Waals surface area contributed by atoms with Crippen LogP contribution in [0.25, 0.3) is 0 Å². The SMILES string of the molecule is Cc1cc(F)cc2c1N(C(=O)COc1ccc(C3SCCCS3)cc1)CCC2. The fourth-order valence-electron chi connectivity index (χ4n) is 3.79. The van der Waals surface area contributed by atoms with E-state index in [-0.39, 0.29) is 18.3 Å². The van der Waals surface area contributed by atoms with Gasteiger partial charge in [0.15, 0.2) is 6.61 Å². The van der Waals surface area contributed by atoms with Gasteiger partial charge in [0.05, 0.1) is 10.3 Å². The first kappa shape index (κ1) is 19.6. The van der Waals surface area contributed by atoms with Crippen LogP contribution in [-0.4, -0.2) is 30.6 Å². The fraction of sp³-hybridized carbons (Fsp3) is 0.409. The molecule has 0 N–H and O–H groups in total. The van der Waals surface area contributed by atoms with Crippen LogP contribution in [0.3, 0.4) is 0 Å². The van der Waals surface area contributed by atoms with Gasteiger partial charge in [0.25, 0.3) is 5.91 Å². The Bertz CT molecular complexity index is 850. The van der Waals surface area contributed by atoms with E-state index in [9.17, 15) is 9.18 Å². The van der Waals surface area contributed by atoms with Gasteiger partial charge in [-0.15, -0.1) is 23.5 Å². The molecule has 148 valence electrons. The summed E-state index contributed by atoms with van der Waals surface area (Å²) in [6.07, 6.45) is 2.92. The van der Waals surface area contributed by atoms with E-state index in [1.165, 1.54) is 29.6 Å². The molecule has 2 heterocycles. The Labute approximate surface area is 174 Å². The average Bonchev–Trinajstić information content (AvgIpc) is 2.72. The molecule has 2 aromatic rings. The topological polar surface area (TPSA) is 29.5 Å². The number of hydrogen-bond donors (Lipinski definition) is 0. The minimum absolute atomic E-state index is 0.0114. The van der Waals surface area contributed by atoms with Gasteiger partial charge in [0.1, 0.15) is 11.6 Å². The molecule has 0 aliphatic carbocycles. The van der Waals surface area contributed by atoms with Crippen LogP contribution in [0.15, 0.2) is 36.4 Å². The Morgan fingerprint density at radius 1 is 1.18 bits per heavy atom. The highest BCUT2D eigenvalue weighted by atomic mass is 32.2. The van der Waals surface area contributed by atoms with Crippen LogP contribution in [0.5, 0.6) is 5.75 Å². The van der Waals surface area contributed by atoms with Crippen molar-refractivity contribution in [3.05, 3.63) is 58.9 Å². The molecule has 0 aromatic heterocycles. The van der Waals surface area contributed by atoms with E-state index < -0.39 is 0 Å². The van der Waals surface area contributed by atoms with E-state index in [0.717, 1.165) is 29.7 Å². The third kappa shape index (κ3) is 4.33. The minimum Gasteiger partial charge on any atom is -0.484 e. The molecule has 0 spiro atoms.